The molecule has 0 spiro atoms. The van der Waals surface area contributed by atoms with Crippen LogP contribution in [0.4, 0.5) is 0 Å². The van der Waals surface area contributed by atoms with Gasteiger partial charge in [-0.3, -0.25) is 4.79 Å². The number of aryl methyl sites for hydroxylation is 3. The average Bonchev–Trinajstić information content (AvgIpc) is 3.24. The fourth-order valence-electron chi connectivity index (χ4n) is 4.90. The Hall–Kier alpha value is -3.60. The molecule has 1 amide bonds. The molecule has 1 heterocycles. The van der Waals surface area contributed by atoms with E-state index in [4.69, 9.17) is 9.72 Å². The van der Waals surface area contributed by atoms with Gasteiger partial charge in [0.15, 0.2) is 0 Å². The maximum absolute atomic E-state index is 12.5. The molecule has 0 saturated carbocycles. The standard InChI is InChI=1S/C31H37N3O2/c1-21-19-22(2)24(4)26(23(21)3)20-34-28-15-10-9-14-27(28)33-30(34)17-7-6-12-18-32-31(35)25-13-8-11-16-29(25)36-5/h8-11,13-16,19H,6-7,12,17-18,20H2,1-5H3,(H,32,35). The van der Waals surface area contributed by atoms with Crippen molar-refractivity contribution in [3.05, 3.63) is 93.8 Å². The number of hydrogen-bond acceptors (Lipinski definition) is 3. The van der Waals surface area contributed by atoms with E-state index in [1.807, 2.05) is 18.2 Å². The molecule has 36 heavy (non-hydrogen) atoms. The van der Waals surface area contributed by atoms with Gasteiger partial charge in [-0.15, -0.1) is 0 Å². The molecule has 3 aromatic carbocycles. The molecule has 5 heteroatoms. The quantitative estimate of drug-likeness (QED) is 0.263. The molecule has 0 atom stereocenters. The molecule has 188 valence electrons. The van der Waals surface area contributed by atoms with Crippen molar-refractivity contribution in [1.82, 2.24) is 14.9 Å². The Labute approximate surface area is 214 Å². The van der Waals surface area contributed by atoms with Gasteiger partial charge < -0.3 is 14.6 Å². The second-order valence-corrected chi connectivity index (χ2v) is 9.61. The van der Waals surface area contributed by atoms with Crippen molar-refractivity contribution in [3.8, 4) is 5.75 Å². The van der Waals surface area contributed by atoms with E-state index < -0.39 is 0 Å². The number of nitrogens with zero attached hydrogens (tertiary/aromatic N) is 2. The van der Waals surface area contributed by atoms with Crippen LogP contribution in [-0.4, -0.2) is 29.1 Å². The van der Waals surface area contributed by atoms with Gasteiger partial charge in [0.2, 0.25) is 0 Å². The number of amides is 1. The zero-order valence-corrected chi connectivity index (χ0v) is 22.1. The number of ether oxygens (including phenoxy) is 1. The van der Waals surface area contributed by atoms with Crippen LogP contribution in [-0.2, 0) is 13.0 Å². The lowest BCUT2D eigenvalue weighted by atomic mass is 9.94. The smallest absolute Gasteiger partial charge is 0.255 e. The lowest BCUT2D eigenvalue weighted by Gasteiger charge is -2.18. The number of carbonyl (C=O) groups is 1. The largest absolute Gasteiger partial charge is 0.496 e. The number of nitrogens with one attached hydrogen (secondary N) is 1. The van der Waals surface area contributed by atoms with Crippen molar-refractivity contribution in [2.45, 2.75) is 59.9 Å². The minimum Gasteiger partial charge on any atom is -0.496 e. The normalized spacial score (nSPS) is 11.1. The van der Waals surface area contributed by atoms with Crippen LogP contribution in [0, 0.1) is 27.7 Å². The number of imidazole rings is 1. The van der Waals surface area contributed by atoms with Gasteiger partial charge in [0, 0.05) is 19.5 Å². The first kappa shape index (κ1) is 25.5. The van der Waals surface area contributed by atoms with E-state index in [0.29, 0.717) is 17.9 Å². The second kappa shape index (κ2) is 11.4. The third kappa shape index (κ3) is 5.46. The van der Waals surface area contributed by atoms with Crippen molar-refractivity contribution in [3.63, 3.8) is 0 Å². The predicted molar refractivity (Wildman–Crippen MR) is 147 cm³/mol. The van der Waals surface area contributed by atoms with Crippen molar-refractivity contribution < 1.29 is 9.53 Å². The highest BCUT2D eigenvalue weighted by Crippen LogP contribution is 2.26. The molecule has 4 aromatic rings. The number of para-hydroxylation sites is 3. The fraction of sp³-hybridized carbons (Fsp3) is 0.355. The second-order valence-electron chi connectivity index (χ2n) is 9.61. The third-order valence-electron chi connectivity index (χ3n) is 7.29. The molecular weight excluding hydrogens is 446 g/mol. The maximum atomic E-state index is 12.5. The zero-order chi connectivity index (χ0) is 25.7. The number of rotatable bonds is 10. The van der Waals surface area contributed by atoms with E-state index in [-0.39, 0.29) is 5.91 Å². The Balaban J connectivity index is 1.40. The van der Waals surface area contributed by atoms with Crippen molar-refractivity contribution in [1.29, 1.82) is 0 Å². The summed E-state index contributed by atoms with van der Waals surface area (Å²) >= 11 is 0. The minimum atomic E-state index is -0.0894. The highest BCUT2D eigenvalue weighted by atomic mass is 16.5. The van der Waals surface area contributed by atoms with E-state index in [2.05, 4.69) is 67.9 Å². The molecular formula is C31H37N3O2. The number of methoxy groups -OCH3 is 1. The van der Waals surface area contributed by atoms with E-state index >= 15 is 0 Å². The molecule has 0 aliphatic carbocycles. The number of fused-ring (bicyclic) bond motifs is 1. The summed E-state index contributed by atoms with van der Waals surface area (Å²) in [6.45, 7) is 10.3. The number of carbonyl (C=O) groups excluding carboxylic acids is 1. The summed E-state index contributed by atoms with van der Waals surface area (Å²) in [5.41, 5.74) is 9.64. The fourth-order valence-corrected chi connectivity index (χ4v) is 4.90. The van der Waals surface area contributed by atoms with Crippen molar-refractivity contribution >= 4 is 16.9 Å². The molecule has 0 radical (unpaired) electrons. The van der Waals surface area contributed by atoms with Crippen LogP contribution in [0.5, 0.6) is 5.75 Å². The van der Waals surface area contributed by atoms with Crippen LogP contribution in [0.15, 0.2) is 54.6 Å². The van der Waals surface area contributed by atoms with Crippen LogP contribution in [0.25, 0.3) is 11.0 Å². The molecule has 0 aliphatic heterocycles. The third-order valence-corrected chi connectivity index (χ3v) is 7.29. The highest BCUT2D eigenvalue weighted by molar-refractivity contribution is 5.96. The molecule has 1 aromatic heterocycles. The molecule has 0 bridgehead atoms. The lowest BCUT2D eigenvalue weighted by Crippen LogP contribution is -2.24. The van der Waals surface area contributed by atoms with E-state index in [9.17, 15) is 4.79 Å². The number of aromatic nitrogens is 2. The molecule has 0 unspecified atom stereocenters. The molecule has 0 aliphatic rings. The van der Waals surface area contributed by atoms with Crippen LogP contribution < -0.4 is 10.1 Å². The van der Waals surface area contributed by atoms with E-state index in [0.717, 1.165) is 43.6 Å². The first-order valence-corrected chi connectivity index (χ1v) is 12.8. The molecule has 0 fully saturated rings. The van der Waals surface area contributed by atoms with E-state index in [1.54, 1.807) is 13.2 Å². The van der Waals surface area contributed by atoms with Gasteiger partial charge in [0.05, 0.1) is 23.7 Å². The van der Waals surface area contributed by atoms with Gasteiger partial charge in [-0.05, 0) is 92.6 Å². The summed E-state index contributed by atoms with van der Waals surface area (Å²) in [7, 11) is 1.59. The summed E-state index contributed by atoms with van der Waals surface area (Å²) < 4.78 is 7.69. The first-order chi connectivity index (χ1) is 17.4. The Morgan fingerprint density at radius 1 is 0.917 bits per heavy atom. The monoisotopic (exact) mass is 483 g/mol. The molecule has 5 nitrogen and oxygen atoms in total. The summed E-state index contributed by atoms with van der Waals surface area (Å²) in [5, 5.41) is 3.02. The Morgan fingerprint density at radius 2 is 1.61 bits per heavy atom. The number of hydrogen-bond donors (Lipinski definition) is 1. The molecule has 0 saturated heterocycles. The first-order valence-electron chi connectivity index (χ1n) is 12.8. The summed E-state index contributed by atoms with van der Waals surface area (Å²) in [5.74, 6) is 1.64. The SMILES string of the molecule is COc1ccccc1C(=O)NCCCCCc1nc2ccccc2n1Cc1c(C)c(C)cc(C)c1C. The minimum absolute atomic E-state index is 0.0894. The van der Waals surface area contributed by atoms with Crippen LogP contribution >= 0.6 is 0 Å². The van der Waals surface area contributed by atoms with Crippen molar-refractivity contribution in [2.75, 3.05) is 13.7 Å². The van der Waals surface area contributed by atoms with Gasteiger partial charge >= 0.3 is 0 Å². The van der Waals surface area contributed by atoms with Gasteiger partial charge in [0.1, 0.15) is 11.6 Å². The van der Waals surface area contributed by atoms with E-state index in [1.165, 1.54) is 33.3 Å². The van der Waals surface area contributed by atoms with Gasteiger partial charge in [0.25, 0.3) is 5.91 Å². The van der Waals surface area contributed by atoms with Crippen LogP contribution in [0.2, 0.25) is 0 Å². The number of benzene rings is 3. The predicted octanol–water partition coefficient (Wildman–Crippen LogP) is 6.47. The Kier molecular flexibility index (Phi) is 8.09. The van der Waals surface area contributed by atoms with Gasteiger partial charge in [-0.2, -0.15) is 0 Å². The lowest BCUT2D eigenvalue weighted by molar-refractivity contribution is 0.0950. The topological polar surface area (TPSA) is 56.1 Å². The van der Waals surface area contributed by atoms with Crippen LogP contribution in [0.1, 0.15) is 63.3 Å². The summed E-state index contributed by atoms with van der Waals surface area (Å²) in [6.07, 6.45) is 3.89. The zero-order valence-electron chi connectivity index (χ0n) is 22.1. The van der Waals surface area contributed by atoms with Crippen molar-refractivity contribution in [2.24, 2.45) is 0 Å². The average molecular weight is 484 g/mol. The molecule has 1 N–H and O–H groups in total. The summed E-state index contributed by atoms with van der Waals surface area (Å²) in [4.78, 5) is 17.5. The highest BCUT2D eigenvalue weighted by Gasteiger charge is 2.15. The number of unbranched alkanes of at least 4 members (excludes halogenated alkanes) is 2. The van der Waals surface area contributed by atoms with Gasteiger partial charge in [-0.1, -0.05) is 36.8 Å². The Bertz CT molecular complexity index is 1340. The Morgan fingerprint density at radius 3 is 2.36 bits per heavy atom. The maximum Gasteiger partial charge on any atom is 0.255 e. The summed E-state index contributed by atoms with van der Waals surface area (Å²) in [6, 6.07) is 18.0. The van der Waals surface area contributed by atoms with Crippen LogP contribution in [0.3, 0.4) is 0 Å². The molecule has 4 rings (SSSR count). The van der Waals surface area contributed by atoms with Gasteiger partial charge in [-0.25, -0.2) is 4.98 Å².